The summed E-state index contributed by atoms with van der Waals surface area (Å²) in [5, 5.41) is 0.875. The van der Waals surface area contributed by atoms with Crippen LogP contribution in [0.3, 0.4) is 0 Å². The first-order valence-corrected chi connectivity index (χ1v) is 6.74. The molecule has 21 heavy (non-hydrogen) atoms. The molecule has 0 aliphatic carbocycles. The van der Waals surface area contributed by atoms with Crippen molar-refractivity contribution in [3.05, 3.63) is 36.0 Å². The zero-order valence-corrected chi connectivity index (χ0v) is 11.5. The van der Waals surface area contributed by atoms with Crippen molar-refractivity contribution >= 4 is 16.6 Å². The lowest BCUT2D eigenvalue weighted by molar-refractivity contribution is -0.221. The van der Waals surface area contributed by atoms with Gasteiger partial charge in [-0.3, -0.25) is 4.98 Å². The predicted octanol–water partition coefficient (Wildman–Crippen LogP) is 3.31. The van der Waals surface area contributed by atoms with Crippen LogP contribution in [0.4, 0.5) is 18.9 Å². The first-order valence-electron chi connectivity index (χ1n) is 6.74. The summed E-state index contributed by atoms with van der Waals surface area (Å²) in [7, 11) is 0. The van der Waals surface area contributed by atoms with Crippen molar-refractivity contribution in [2.45, 2.75) is 19.2 Å². The Hall–Kier alpha value is -1.82. The van der Waals surface area contributed by atoms with Gasteiger partial charge < -0.3 is 9.64 Å². The van der Waals surface area contributed by atoms with Gasteiger partial charge in [0.15, 0.2) is 6.10 Å². The van der Waals surface area contributed by atoms with Crippen LogP contribution in [-0.2, 0) is 4.74 Å². The molecule has 1 aliphatic heterocycles. The maximum atomic E-state index is 12.8. The van der Waals surface area contributed by atoms with Crippen LogP contribution in [0.25, 0.3) is 10.9 Å². The number of alkyl halides is 3. The lowest BCUT2D eigenvalue weighted by Crippen LogP contribution is -2.49. The van der Waals surface area contributed by atoms with Crippen LogP contribution in [0.1, 0.15) is 5.56 Å². The molecule has 2 aromatic rings. The smallest absolute Gasteiger partial charge is 0.366 e. The topological polar surface area (TPSA) is 25.4 Å². The number of halogens is 3. The fourth-order valence-electron chi connectivity index (χ4n) is 2.59. The molecule has 0 unspecified atom stereocenters. The van der Waals surface area contributed by atoms with Crippen LogP contribution in [0.15, 0.2) is 30.5 Å². The van der Waals surface area contributed by atoms with Crippen molar-refractivity contribution in [2.24, 2.45) is 0 Å². The quantitative estimate of drug-likeness (QED) is 0.807. The minimum atomic E-state index is -4.34. The van der Waals surface area contributed by atoms with E-state index in [-0.39, 0.29) is 13.2 Å². The molecule has 3 rings (SSSR count). The van der Waals surface area contributed by atoms with Gasteiger partial charge >= 0.3 is 6.18 Å². The van der Waals surface area contributed by atoms with Crippen molar-refractivity contribution in [3.63, 3.8) is 0 Å². The standard InChI is InChI=1S/C15H15F3N2O/c1-10-2-3-12-11(8-10)13(4-5-19-12)20-6-7-21-14(9-20)15(16,17)18/h2-5,8,14H,6-7,9H2,1H3/t14-/m0/s1. The third-order valence-corrected chi connectivity index (χ3v) is 3.65. The fraction of sp³-hybridized carbons (Fsp3) is 0.400. The molecule has 0 bridgehead atoms. The van der Waals surface area contributed by atoms with Gasteiger partial charge in [-0.05, 0) is 25.1 Å². The maximum Gasteiger partial charge on any atom is 0.416 e. The second-order valence-electron chi connectivity index (χ2n) is 5.20. The van der Waals surface area contributed by atoms with Crippen LogP contribution in [0.5, 0.6) is 0 Å². The number of aromatic nitrogens is 1. The van der Waals surface area contributed by atoms with Crippen molar-refractivity contribution in [2.75, 3.05) is 24.6 Å². The molecular formula is C15H15F3N2O. The fourth-order valence-corrected chi connectivity index (χ4v) is 2.59. The average molecular weight is 296 g/mol. The molecule has 112 valence electrons. The number of hydrogen-bond acceptors (Lipinski definition) is 3. The minimum Gasteiger partial charge on any atom is -0.366 e. The largest absolute Gasteiger partial charge is 0.416 e. The molecule has 6 heteroatoms. The Kier molecular flexibility index (Phi) is 3.49. The summed E-state index contributed by atoms with van der Waals surface area (Å²) in [6.45, 7) is 2.28. The van der Waals surface area contributed by atoms with Gasteiger partial charge in [0.05, 0.1) is 18.7 Å². The Balaban J connectivity index is 1.98. The molecule has 0 N–H and O–H groups in total. The second-order valence-corrected chi connectivity index (χ2v) is 5.20. The third-order valence-electron chi connectivity index (χ3n) is 3.65. The van der Waals surface area contributed by atoms with Gasteiger partial charge in [-0.15, -0.1) is 0 Å². The molecule has 3 nitrogen and oxygen atoms in total. The Morgan fingerprint density at radius 3 is 2.86 bits per heavy atom. The Morgan fingerprint density at radius 2 is 2.10 bits per heavy atom. The van der Waals surface area contributed by atoms with E-state index in [0.29, 0.717) is 6.54 Å². The van der Waals surface area contributed by atoms with Gasteiger partial charge in [0, 0.05) is 23.8 Å². The molecule has 1 atom stereocenters. The molecule has 0 spiro atoms. The lowest BCUT2D eigenvalue weighted by atomic mass is 10.1. The number of anilines is 1. The Bertz CT molecular complexity index is 657. The van der Waals surface area contributed by atoms with Crippen molar-refractivity contribution in [1.29, 1.82) is 0 Å². The molecule has 2 heterocycles. The van der Waals surface area contributed by atoms with Crippen LogP contribution in [0.2, 0.25) is 0 Å². The highest BCUT2D eigenvalue weighted by Gasteiger charge is 2.43. The number of fused-ring (bicyclic) bond motifs is 1. The molecule has 1 saturated heterocycles. The summed E-state index contributed by atoms with van der Waals surface area (Å²) in [5.41, 5.74) is 2.62. The van der Waals surface area contributed by atoms with E-state index in [1.807, 2.05) is 25.1 Å². The number of ether oxygens (including phenoxy) is 1. The van der Waals surface area contributed by atoms with E-state index in [1.165, 1.54) is 0 Å². The SMILES string of the molecule is Cc1ccc2nccc(N3CCO[C@H](C(F)(F)F)C3)c2c1. The van der Waals surface area contributed by atoms with E-state index in [2.05, 4.69) is 4.98 Å². The highest BCUT2D eigenvalue weighted by molar-refractivity contribution is 5.92. The van der Waals surface area contributed by atoms with Gasteiger partial charge in [-0.25, -0.2) is 0 Å². The van der Waals surface area contributed by atoms with E-state index in [4.69, 9.17) is 4.74 Å². The van der Waals surface area contributed by atoms with Gasteiger partial charge in [0.2, 0.25) is 0 Å². The second kappa shape index (κ2) is 5.18. The van der Waals surface area contributed by atoms with Crippen molar-refractivity contribution < 1.29 is 17.9 Å². The maximum absolute atomic E-state index is 12.8. The number of pyridine rings is 1. The van der Waals surface area contributed by atoms with Crippen LogP contribution in [-0.4, -0.2) is 37.0 Å². The molecule has 1 aromatic heterocycles. The van der Waals surface area contributed by atoms with E-state index >= 15 is 0 Å². The molecule has 1 aromatic carbocycles. The first-order chi connectivity index (χ1) is 9.95. The van der Waals surface area contributed by atoms with Crippen LogP contribution in [0, 0.1) is 6.92 Å². The van der Waals surface area contributed by atoms with Gasteiger partial charge in [0.25, 0.3) is 0 Å². The predicted molar refractivity (Wildman–Crippen MR) is 74.5 cm³/mol. The number of morpholine rings is 1. The highest BCUT2D eigenvalue weighted by Crippen LogP contribution is 2.31. The third kappa shape index (κ3) is 2.81. The summed E-state index contributed by atoms with van der Waals surface area (Å²) in [5.74, 6) is 0. The van der Waals surface area contributed by atoms with Crippen LogP contribution >= 0.6 is 0 Å². The zero-order valence-electron chi connectivity index (χ0n) is 11.5. The van der Waals surface area contributed by atoms with E-state index in [1.54, 1.807) is 17.2 Å². The van der Waals surface area contributed by atoms with E-state index < -0.39 is 12.3 Å². The number of aryl methyl sites for hydroxylation is 1. The van der Waals surface area contributed by atoms with E-state index in [9.17, 15) is 13.2 Å². The molecule has 1 fully saturated rings. The highest BCUT2D eigenvalue weighted by atomic mass is 19.4. The summed E-state index contributed by atoms with van der Waals surface area (Å²) in [6, 6.07) is 7.54. The molecule has 0 radical (unpaired) electrons. The molecule has 0 amide bonds. The minimum absolute atomic E-state index is 0.0693. The Morgan fingerprint density at radius 1 is 1.29 bits per heavy atom. The average Bonchev–Trinajstić information content (AvgIpc) is 2.46. The number of benzene rings is 1. The summed E-state index contributed by atoms with van der Waals surface area (Å²) < 4.78 is 43.4. The summed E-state index contributed by atoms with van der Waals surface area (Å²) in [4.78, 5) is 5.99. The van der Waals surface area contributed by atoms with Gasteiger partial charge in [-0.2, -0.15) is 13.2 Å². The normalized spacial score (nSPS) is 20.0. The monoisotopic (exact) mass is 296 g/mol. The number of hydrogen-bond donors (Lipinski definition) is 0. The summed E-state index contributed by atoms with van der Waals surface area (Å²) in [6.07, 6.45) is -4.44. The molecule has 0 saturated carbocycles. The summed E-state index contributed by atoms with van der Waals surface area (Å²) >= 11 is 0. The van der Waals surface area contributed by atoms with Crippen LogP contribution < -0.4 is 4.90 Å². The first kappa shape index (κ1) is 14.1. The van der Waals surface area contributed by atoms with Gasteiger partial charge in [0.1, 0.15) is 0 Å². The van der Waals surface area contributed by atoms with Crippen molar-refractivity contribution in [1.82, 2.24) is 4.98 Å². The lowest BCUT2D eigenvalue weighted by Gasteiger charge is -2.35. The number of rotatable bonds is 1. The zero-order chi connectivity index (χ0) is 15.0. The number of nitrogens with zero attached hydrogens (tertiary/aromatic N) is 2. The molecular weight excluding hydrogens is 281 g/mol. The molecule has 1 aliphatic rings. The van der Waals surface area contributed by atoms with Gasteiger partial charge in [-0.1, -0.05) is 11.6 Å². The van der Waals surface area contributed by atoms with E-state index in [0.717, 1.165) is 22.2 Å². The van der Waals surface area contributed by atoms with Crippen molar-refractivity contribution in [3.8, 4) is 0 Å². The Labute approximate surface area is 120 Å².